The van der Waals surface area contributed by atoms with E-state index in [2.05, 4.69) is 41.0 Å². The number of ether oxygens (including phenoxy) is 1. The first-order valence-corrected chi connectivity index (χ1v) is 8.51. The van der Waals surface area contributed by atoms with Crippen LogP contribution in [-0.2, 0) is 6.54 Å². The fraction of sp³-hybridized carbons (Fsp3) is 0.579. The van der Waals surface area contributed by atoms with E-state index >= 15 is 0 Å². The second kappa shape index (κ2) is 9.27. The molecule has 0 aromatic heterocycles. The summed E-state index contributed by atoms with van der Waals surface area (Å²) >= 11 is 0. The summed E-state index contributed by atoms with van der Waals surface area (Å²) in [7, 11) is 1.72. The van der Waals surface area contributed by atoms with Gasteiger partial charge in [0.2, 0.25) is 0 Å². The molecule has 5 nitrogen and oxygen atoms in total. The highest BCUT2D eigenvalue weighted by molar-refractivity contribution is 5.36. The molecule has 1 aromatic carbocycles. The molecule has 0 spiro atoms. The SMILES string of the molecule is COc1ccc(C)cc1CN1CCN(C[C@H](C#N)CCC#N)CC1. The van der Waals surface area contributed by atoms with Gasteiger partial charge >= 0.3 is 0 Å². The van der Waals surface area contributed by atoms with Crippen LogP contribution in [0.2, 0.25) is 0 Å². The highest BCUT2D eigenvalue weighted by atomic mass is 16.5. The molecule has 0 radical (unpaired) electrons. The number of hydrogen-bond donors (Lipinski definition) is 0. The molecule has 0 saturated carbocycles. The highest BCUT2D eigenvalue weighted by Gasteiger charge is 2.20. The Morgan fingerprint density at radius 1 is 1.17 bits per heavy atom. The highest BCUT2D eigenvalue weighted by Crippen LogP contribution is 2.22. The summed E-state index contributed by atoms with van der Waals surface area (Å²) in [6.07, 6.45) is 1.14. The average Bonchev–Trinajstić information content (AvgIpc) is 2.60. The molecule has 1 atom stereocenters. The zero-order valence-electron chi connectivity index (χ0n) is 14.7. The molecule has 1 aliphatic heterocycles. The van der Waals surface area contributed by atoms with Gasteiger partial charge in [0.05, 0.1) is 25.2 Å². The van der Waals surface area contributed by atoms with Crippen molar-refractivity contribution in [3.8, 4) is 17.9 Å². The topological polar surface area (TPSA) is 63.3 Å². The molecule has 2 rings (SSSR count). The van der Waals surface area contributed by atoms with E-state index in [1.165, 1.54) is 11.1 Å². The quantitative estimate of drug-likeness (QED) is 0.770. The van der Waals surface area contributed by atoms with Gasteiger partial charge in [-0.15, -0.1) is 0 Å². The van der Waals surface area contributed by atoms with E-state index < -0.39 is 0 Å². The Morgan fingerprint density at radius 3 is 2.50 bits per heavy atom. The van der Waals surface area contributed by atoms with Crippen LogP contribution in [0.5, 0.6) is 5.75 Å². The molecular formula is C19H26N4O. The maximum atomic E-state index is 9.20. The van der Waals surface area contributed by atoms with Crippen LogP contribution in [0.25, 0.3) is 0 Å². The Labute approximate surface area is 145 Å². The summed E-state index contributed by atoms with van der Waals surface area (Å²) in [4.78, 5) is 4.78. The average molecular weight is 326 g/mol. The Hall–Kier alpha value is -2.08. The third kappa shape index (κ3) is 5.23. The minimum atomic E-state index is -0.0342. The van der Waals surface area contributed by atoms with Crippen molar-refractivity contribution in [2.45, 2.75) is 26.3 Å². The minimum absolute atomic E-state index is 0.0342. The van der Waals surface area contributed by atoms with E-state index in [1.807, 2.05) is 6.07 Å². The van der Waals surface area contributed by atoms with E-state index in [1.54, 1.807) is 7.11 Å². The third-order valence-corrected chi connectivity index (χ3v) is 4.56. The van der Waals surface area contributed by atoms with E-state index in [9.17, 15) is 5.26 Å². The van der Waals surface area contributed by atoms with E-state index in [-0.39, 0.29) is 5.92 Å². The van der Waals surface area contributed by atoms with Gasteiger partial charge in [0.1, 0.15) is 5.75 Å². The smallest absolute Gasteiger partial charge is 0.123 e. The predicted octanol–water partition coefficient (Wildman–Crippen LogP) is 2.56. The first-order chi connectivity index (χ1) is 11.7. The molecule has 0 aliphatic carbocycles. The molecule has 0 amide bonds. The maximum Gasteiger partial charge on any atom is 0.123 e. The van der Waals surface area contributed by atoms with Crippen molar-refractivity contribution >= 4 is 0 Å². The summed E-state index contributed by atoms with van der Waals surface area (Å²) < 4.78 is 5.47. The van der Waals surface area contributed by atoms with Crippen LogP contribution >= 0.6 is 0 Å². The molecule has 1 aromatic rings. The van der Waals surface area contributed by atoms with Crippen LogP contribution in [0.1, 0.15) is 24.0 Å². The molecule has 1 saturated heterocycles. The number of aryl methyl sites for hydroxylation is 1. The van der Waals surface area contributed by atoms with Crippen molar-refractivity contribution in [1.82, 2.24) is 9.80 Å². The Kier molecular flexibility index (Phi) is 7.06. The van der Waals surface area contributed by atoms with Gasteiger partial charge in [-0.05, 0) is 19.4 Å². The third-order valence-electron chi connectivity index (χ3n) is 4.56. The summed E-state index contributed by atoms with van der Waals surface area (Å²) in [6, 6.07) is 10.8. The zero-order chi connectivity index (χ0) is 17.4. The number of hydrogen-bond acceptors (Lipinski definition) is 5. The van der Waals surface area contributed by atoms with E-state index in [0.717, 1.165) is 45.0 Å². The van der Waals surface area contributed by atoms with Gasteiger partial charge in [0.15, 0.2) is 0 Å². The summed E-state index contributed by atoms with van der Waals surface area (Å²) in [6.45, 7) is 7.71. The molecule has 0 unspecified atom stereocenters. The van der Waals surface area contributed by atoms with Crippen molar-refractivity contribution in [2.75, 3.05) is 39.8 Å². The fourth-order valence-electron chi connectivity index (χ4n) is 3.15. The van der Waals surface area contributed by atoms with Gasteiger partial charge < -0.3 is 4.74 Å². The Morgan fingerprint density at radius 2 is 1.88 bits per heavy atom. The van der Waals surface area contributed by atoms with Gasteiger partial charge in [-0.1, -0.05) is 17.7 Å². The minimum Gasteiger partial charge on any atom is -0.496 e. The first-order valence-electron chi connectivity index (χ1n) is 8.51. The van der Waals surface area contributed by atoms with E-state index in [4.69, 9.17) is 10.00 Å². The number of piperazine rings is 1. The lowest BCUT2D eigenvalue weighted by atomic mass is 10.0. The van der Waals surface area contributed by atoms with Gasteiger partial charge in [0.25, 0.3) is 0 Å². The number of benzene rings is 1. The summed E-state index contributed by atoms with van der Waals surface area (Å²) in [5, 5.41) is 17.9. The van der Waals surface area contributed by atoms with Crippen LogP contribution in [0, 0.1) is 35.5 Å². The first kappa shape index (κ1) is 18.3. The lowest BCUT2D eigenvalue weighted by molar-refractivity contribution is 0.118. The van der Waals surface area contributed by atoms with Crippen LogP contribution in [0.3, 0.4) is 0 Å². The lowest BCUT2D eigenvalue weighted by Gasteiger charge is -2.35. The van der Waals surface area contributed by atoms with Crippen LogP contribution in [-0.4, -0.2) is 49.6 Å². The number of methoxy groups -OCH3 is 1. The predicted molar refractivity (Wildman–Crippen MR) is 93.4 cm³/mol. The molecule has 5 heteroatoms. The molecule has 1 aliphatic rings. The van der Waals surface area contributed by atoms with Crippen molar-refractivity contribution in [3.05, 3.63) is 29.3 Å². The normalized spacial score (nSPS) is 17.0. The summed E-state index contributed by atoms with van der Waals surface area (Å²) in [5.74, 6) is 0.914. The second-order valence-corrected chi connectivity index (χ2v) is 6.41. The molecular weight excluding hydrogens is 300 g/mol. The maximum absolute atomic E-state index is 9.20. The fourth-order valence-corrected chi connectivity index (χ4v) is 3.15. The van der Waals surface area contributed by atoms with Gasteiger partial charge in [-0.3, -0.25) is 9.80 Å². The summed E-state index contributed by atoms with van der Waals surface area (Å²) in [5.41, 5.74) is 2.48. The monoisotopic (exact) mass is 326 g/mol. The number of rotatable bonds is 7. The largest absolute Gasteiger partial charge is 0.496 e. The molecule has 1 heterocycles. The van der Waals surface area contributed by atoms with Crippen molar-refractivity contribution in [3.63, 3.8) is 0 Å². The number of nitriles is 2. The van der Waals surface area contributed by atoms with Crippen LogP contribution < -0.4 is 4.74 Å². The van der Waals surface area contributed by atoms with Gasteiger partial charge in [-0.25, -0.2) is 0 Å². The second-order valence-electron chi connectivity index (χ2n) is 6.41. The van der Waals surface area contributed by atoms with Gasteiger partial charge in [0, 0.05) is 51.3 Å². The van der Waals surface area contributed by atoms with E-state index in [0.29, 0.717) is 12.8 Å². The van der Waals surface area contributed by atoms with Gasteiger partial charge in [-0.2, -0.15) is 10.5 Å². The Bertz CT molecular complexity index is 609. The van der Waals surface area contributed by atoms with Crippen molar-refractivity contribution in [1.29, 1.82) is 10.5 Å². The molecule has 0 N–H and O–H groups in total. The molecule has 0 bridgehead atoms. The zero-order valence-corrected chi connectivity index (χ0v) is 14.7. The molecule has 24 heavy (non-hydrogen) atoms. The Balaban J connectivity index is 1.84. The lowest BCUT2D eigenvalue weighted by Crippen LogP contribution is -2.47. The van der Waals surface area contributed by atoms with Crippen molar-refractivity contribution < 1.29 is 4.74 Å². The van der Waals surface area contributed by atoms with Crippen LogP contribution in [0.15, 0.2) is 18.2 Å². The molecule has 1 fully saturated rings. The van der Waals surface area contributed by atoms with Crippen molar-refractivity contribution in [2.24, 2.45) is 5.92 Å². The molecule has 128 valence electrons. The standard InChI is InChI=1S/C19H26N4O/c1-16-5-6-19(24-2)18(12-16)15-23-10-8-22(9-11-23)14-17(13-21)4-3-7-20/h5-6,12,17H,3-4,8-11,14-15H2,1-2H3/t17-/m0/s1. The van der Waals surface area contributed by atoms with Crippen LogP contribution in [0.4, 0.5) is 0 Å². The number of nitrogens with zero attached hydrogens (tertiary/aromatic N) is 4.